The summed E-state index contributed by atoms with van der Waals surface area (Å²) in [6.45, 7) is 5.85. The van der Waals surface area contributed by atoms with Gasteiger partial charge in [0, 0.05) is 19.1 Å². The summed E-state index contributed by atoms with van der Waals surface area (Å²) in [6, 6.07) is 18.1. The standard InChI is InChI=1S/C23H31N3O.2ClH/c1-18(22(24)21-8-4-2-5-9-21)23(27)25-16-19-10-12-20(13-11-19)17-26-14-6-3-7-15-26;;/h2,4-5,8-13,18,22H,3,6-7,14-17,24H2,1H3,(H,25,27);2*1H. The quantitative estimate of drug-likeness (QED) is 0.671. The van der Waals surface area contributed by atoms with Gasteiger partial charge in [0.1, 0.15) is 0 Å². The van der Waals surface area contributed by atoms with Crippen LogP contribution in [-0.2, 0) is 17.9 Å². The van der Waals surface area contributed by atoms with Crippen LogP contribution in [0.4, 0.5) is 0 Å². The third-order valence-corrected chi connectivity index (χ3v) is 5.48. The number of carbonyl (C=O) groups is 1. The molecular formula is C23H33Cl2N3O. The smallest absolute Gasteiger partial charge is 0.225 e. The number of amides is 1. The molecule has 160 valence electrons. The van der Waals surface area contributed by atoms with E-state index < -0.39 is 0 Å². The van der Waals surface area contributed by atoms with Gasteiger partial charge in [0.15, 0.2) is 0 Å². The molecule has 29 heavy (non-hydrogen) atoms. The van der Waals surface area contributed by atoms with Crippen molar-refractivity contribution < 1.29 is 4.79 Å². The zero-order valence-electron chi connectivity index (χ0n) is 17.0. The van der Waals surface area contributed by atoms with E-state index >= 15 is 0 Å². The number of benzene rings is 2. The summed E-state index contributed by atoms with van der Waals surface area (Å²) < 4.78 is 0. The van der Waals surface area contributed by atoms with Gasteiger partial charge in [-0.15, -0.1) is 24.8 Å². The molecule has 1 aliphatic heterocycles. The van der Waals surface area contributed by atoms with Crippen molar-refractivity contribution >= 4 is 30.7 Å². The lowest BCUT2D eigenvalue weighted by atomic mass is 9.94. The van der Waals surface area contributed by atoms with Crippen molar-refractivity contribution in [2.24, 2.45) is 11.7 Å². The zero-order chi connectivity index (χ0) is 19.1. The number of carbonyl (C=O) groups excluding carboxylic acids is 1. The van der Waals surface area contributed by atoms with Gasteiger partial charge in [-0.3, -0.25) is 9.69 Å². The van der Waals surface area contributed by atoms with Crippen molar-refractivity contribution in [2.45, 2.75) is 45.3 Å². The number of nitrogens with one attached hydrogen (secondary N) is 1. The molecule has 2 unspecified atom stereocenters. The number of nitrogens with zero attached hydrogens (tertiary/aromatic N) is 1. The van der Waals surface area contributed by atoms with E-state index in [2.05, 4.69) is 34.5 Å². The van der Waals surface area contributed by atoms with Crippen LogP contribution in [0.3, 0.4) is 0 Å². The molecule has 4 nitrogen and oxygen atoms in total. The molecule has 0 radical (unpaired) electrons. The Morgan fingerprint density at radius 1 is 0.966 bits per heavy atom. The fraction of sp³-hybridized carbons (Fsp3) is 0.435. The maximum absolute atomic E-state index is 12.5. The first-order valence-electron chi connectivity index (χ1n) is 10.0. The molecule has 0 bridgehead atoms. The van der Waals surface area contributed by atoms with E-state index in [0.717, 1.165) is 17.7 Å². The number of hydrogen-bond donors (Lipinski definition) is 2. The Kier molecular flexibility index (Phi) is 11.3. The minimum atomic E-state index is -0.293. The van der Waals surface area contributed by atoms with Gasteiger partial charge >= 0.3 is 0 Å². The van der Waals surface area contributed by atoms with E-state index in [1.165, 1.54) is 37.9 Å². The molecule has 3 rings (SSSR count). The van der Waals surface area contributed by atoms with E-state index in [0.29, 0.717) is 6.54 Å². The largest absolute Gasteiger partial charge is 0.352 e. The second-order valence-corrected chi connectivity index (χ2v) is 7.60. The summed E-state index contributed by atoms with van der Waals surface area (Å²) in [7, 11) is 0. The average molecular weight is 438 g/mol. The first kappa shape index (κ1) is 25.4. The maximum Gasteiger partial charge on any atom is 0.225 e. The van der Waals surface area contributed by atoms with Gasteiger partial charge < -0.3 is 11.1 Å². The highest BCUT2D eigenvalue weighted by Gasteiger charge is 2.21. The van der Waals surface area contributed by atoms with Crippen molar-refractivity contribution in [3.8, 4) is 0 Å². The van der Waals surface area contributed by atoms with Crippen LogP contribution >= 0.6 is 24.8 Å². The van der Waals surface area contributed by atoms with Crippen LogP contribution in [0.15, 0.2) is 54.6 Å². The summed E-state index contributed by atoms with van der Waals surface area (Å²) in [5.74, 6) is -0.283. The van der Waals surface area contributed by atoms with Crippen LogP contribution in [0.25, 0.3) is 0 Å². The third kappa shape index (κ3) is 7.63. The molecule has 2 atom stereocenters. The molecule has 1 saturated heterocycles. The fourth-order valence-electron chi connectivity index (χ4n) is 3.62. The lowest BCUT2D eigenvalue weighted by Crippen LogP contribution is -2.35. The first-order chi connectivity index (χ1) is 13.1. The van der Waals surface area contributed by atoms with E-state index in [1.54, 1.807) is 0 Å². The second kappa shape index (κ2) is 12.9. The minimum absolute atomic E-state index is 0. The number of likely N-dealkylation sites (tertiary alicyclic amines) is 1. The molecule has 2 aromatic rings. The molecule has 2 aromatic carbocycles. The molecule has 6 heteroatoms. The van der Waals surface area contributed by atoms with Gasteiger partial charge in [0.2, 0.25) is 5.91 Å². The third-order valence-electron chi connectivity index (χ3n) is 5.48. The zero-order valence-corrected chi connectivity index (χ0v) is 18.7. The minimum Gasteiger partial charge on any atom is -0.352 e. The highest BCUT2D eigenvalue weighted by Crippen LogP contribution is 2.19. The number of rotatable bonds is 7. The predicted molar refractivity (Wildman–Crippen MR) is 124 cm³/mol. The normalized spacial score (nSPS) is 16.1. The van der Waals surface area contributed by atoms with Gasteiger partial charge in [-0.05, 0) is 42.6 Å². The van der Waals surface area contributed by atoms with Crippen molar-refractivity contribution in [1.82, 2.24) is 10.2 Å². The van der Waals surface area contributed by atoms with Gasteiger partial charge in [0.05, 0.1) is 5.92 Å². The molecule has 1 heterocycles. The van der Waals surface area contributed by atoms with Gasteiger partial charge in [-0.1, -0.05) is 67.9 Å². The van der Waals surface area contributed by atoms with E-state index in [-0.39, 0.29) is 42.7 Å². The lowest BCUT2D eigenvalue weighted by molar-refractivity contribution is -0.125. The van der Waals surface area contributed by atoms with Gasteiger partial charge in [-0.25, -0.2) is 0 Å². The second-order valence-electron chi connectivity index (χ2n) is 7.60. The van der Waals surface area contributed by atoms with Crippen LogP contribution < -0.4 is 11.1 Å². The fourth-order valence-corrected chi connectivity index (χ4v) is 3.62. The number of halogens is 2. The Hall–Kier alpha value is -1.59. The molecule has 0 spiro atoms. The van der Waals surface area contributed by atoms with Gasteiger partial charge in [0.25, 0.3) is 0 Å². The maximum atomic E-state index is 12.5. The Bertz CT molecular complexity index is 719. The van der Waals surface area contributed by atoms with E-state index in [1.807, 2.05) is 37.3 Å². The topological polar surface area (TPSA) is 58.4 Å². The lowest BCUT2D eigenvalue weighted by Gasteiger charge is -2.26. The number of hydrogen-bond acceptors (Lipinski definition) is 3. The summed E-state index contributed by atoms with van der Waals surface area (Å²) in [6.07, 6.45) is 3.99. The molecule has 3 N–H and O–H groups in total. The number of piperidine rings is 1. The first-order valence-corrected chi connectivity index (χ1v) is 10.0. The molecule has 0 aliphatic carbocycles. The average Bonchev–Trinajstić information content (AvgIpc) is 2.73. The summed E-state index contributed by atoms with van der Waals surface area (Å²) in [5, 5.41) is 3.02. The van der Waals surface area contributed by atoms with E-state index in [9.17, 15) is 4.79 Å². The molecule has 1 fully saturated rings. The number of nitrogens with two attached hydrogens (primary N) is 1. The van der Waals surface area contributed by atoms with Crippen molar-refractivity contribution in [2.75, 3.05) is 13.1 Å². The highest BCUT2D eigenvalue weighted by atomic mass is 35.5. The predicted octanol–water partition coefficient (Wildman–Crippen LogP) is 4.47. The SMILES string of the molecule is CC(C(=O)NCc1ccc(CN2CCCCC2)cc1)C(N)c1ccccc1.Cl.Cl. The van der Waals surface area contributed by atoms with Crippen LogP contribution in [0.1, 0.15) is 48.9 Å². The van der Waals surface area contributed by atoms with Crippen LogP contribution in [0, 0.1) is 5.92 Å². The van der Waals surface area contributed by atoms with Crippen molar-refractivity contribution in [1.29, 1.82) is 0 Å². The van der Waals surface area contributed by atoms with Crippen molar-refractivity contribution in [3.05, 3.63) is 71.3 Å². The highest BCUT2D eigenvalue weighted by molar-refractivity contribution is 5.85. The summed E-state index contributed by atoms with van der Waals surface area (Å²) >= 11 is 0. The molecule has 0 saturated carbocycles. The Balaban J connectivity index is 0.00000210. The summed E-state index contributed by atoms with van der Waals surface area (Å²) in [4.78, 5) is 15.0. The van der Waals surface area contributed by atoms with Crippen LogP contribution in [-0.4, -0.2) is 23.9 Å². The Morgan fingerprint density at radius 3 is 2.17 bits per heavy atom. The molecule has 0 aromatic heterocycles. The Labute approximate surface area is 187 Å². The monoisotopic (exact) mass is 437 g/mol. The molecule has 1 amide bonds. The summed E-state index contributed by atoms with van der Waals surface area (Å²) in [5.41, 5.74) is 9.70. The van der Waals surface area contributed by atoms with Crippen LogP contribution in [0.5, 0.6) is 0 Å². The van der Waals surface area contributed by atoms with Gasteiger partial charge in [-0.2, -0.15) is 0 Å². The van der Waals surface area contributed by atoms with Crippen molar-refractivity contribution in [3.63, 3.8) is 0 Å². The van der Waals surface area contributed by atoms with E-state index in [4.69, 9.17) is 5.73 Å². The van der Waals surface area contributed by atoms with Crippen LogP contribution in [0.2, 0.25) is 0 Å². The molecule has 1 aliphatic rings. The molecular weight excluding hydrogens is 405 g/mol. The Morgan fingerprint density at radius 2 is 1.55 bits per heavy atom.